The lowest BCUT2D eigenvalue weighted by molar-refractivity contribution is 0.0601. The van der Waals surface area contributed by atoms with Gasteiger partial charge in [0.15, 0.2) is 0 Å². The monoisotopic (exact) mass is 355 g/mol. The van der Waals surface area contributed by atoms with Gasteiger partial charge >= 0.3 is 5.97 Å². The van der Waals surface area contributed by atoms with E-state index in [9.17, 15) is 4.79 Å². The van der Waals surface area contributed by atoms with E-state index in [0.717, 1.165) is 23.4 Å². The van der Waals surface area contributed by atoms with E-state index >= 15 is 0 Å². The number of fused-ring (bicyclic) bond motifs is 1. The van der Waals surface area contributed by atoms with Crippen LogP contribution in [0, 0.1) is 0 Å². The van der Waals surface area contributed by atoms with E-state index in [4.69, 9.17) is 4.74 Å². The van der Waals surface area contributed by atoms with Crippen molar-refractivity contribution in [3.63, 3.8) is 0 Å². The van der Waals surface area contributed by atoms with Gasteiger partial charge in [0, 0.05) is 11.4 Å². The van der Waals surface area contributed by atoms with Crippen LogP contribution < -0.4 is 0 Å². The average Bonchev–Trinajstić information content (AvgIpc) is 3.22. The molecule has 0 fully saturated rings. The van der Waals surface area contributed by atoms with Gasteiger partial charge in [-0.05, 0) is 64.2 Å². The molecule has 0 bridgehead atoms. The molecule has 1 aromatic heterocycles. The zero-order chi connectivity index (χ0) is 18.8. The quantitative estimate of drug-likeness (QED) is 0.467. The van der Waals surface area contributed by atoms with Crippen LogP contribution in [0.25, 0.3) is 33.3 Å². The number of aromatic nitrogens is 1. The lowest BCUT2D eigenvalue weighted by atomic mass is 9.99. The van der Waals surface area contributed by atoms with E-state index in [2.05, 4.69) is 60.4 Å². The van der Waals surface area contributed by atoms with Gasteiger partial charge in [0.25, 0.3) is 0 Å². The number of esters is 1. The number of aromatic amines is 1. The highest BCUT2D eigenvalue weighted by Crippen LogP contribution is 2.29. The highest BCUT2D eigenvalue weighted by atomic mass is 16.5. The van der Waals surface area contributed by atoms with E-state index in [-0.39, 0.29) is 5.97 Å². The molecule has 4 aromatic rings. The minimum atomic E-state index is -0.323. The first-order valence-electron chi connectivity index (χ1n) is 9.09. The Kier molecular flexibility index (Phi) is 4.51. The zero-order valence-corrected chi connectivity index (χ0v) is 15.5. The maximum absolute atomic E-state index is 11.6. The topological polar surface area (TPSA) is 42.1 Å². The molecule has 4 rings (SSSR count). The third-order valence-corrected chi connectivity index (χ3v) is 4.97. The van der Waals surface area contributed by atoms with Crippen molar-refractivity contribution in [1.82, 2.24) is 4.98 Å². The molecule has 0 aliphatic heterocycles. The third kappa shape index (κ3) is 3.24. The summed E-state index contributed by atoms with van der Waals surface area (Å²) in [4.78, 5) is 15.1. The summed E-state index contributed by atoms with van der Waals surface area (Å²) in [6.07, 6.45) is 1.02. The number of hydrogen-bond acceptors (Lipinski definition) is 2. The number of H-pyrrole nitrogens is 1. The van der Waals surface area contributed by atoms with Crippen molar-refractivity contribution in [3.8, 4) is 22.5 Å². The molecular formula is C24H21NO2. The summed E-state index contributed by atoms with van der Waals surface area (Å²) in [5, 5.41) is 2.57. The number of aryl methyl sites for hydroxylation is 1. The van der Waals surface area contributed by atoms with E-state index < -0.39 is 0 Å². The van der Waals surface area contributed by atoms with Crippen molar-refractivity contribution in [2.75, 3.05) is 7.11 Å². The molecule has 0 saturated heterocycles. The van der Waals surface area contributed by atoms with E-state index in [1.54, 1.807) is 12.1 Å². The summed E-state index contributed by atoms with van der Waals surface area (Å²) in [5.74, 6) is -0.323. The predicted octanol–water partition coefficient (Wildman–Crippen LogP) is 5.85. The molecule has 3 aromatic carbocycles. The number of carbonyl (C=O) groups excluding carboxylic acids is 1. The first-order chi connectivity index (χ1) is 13.2. The summed E-state index contributed by atoms with van der Waals surface area (Å²) in [6, 6.07) is 24.6. The van der Waals surface area contributed by atoms with Gasteiger partial charge in [0.05, 0.1) is 12.7 Å². The molecule has 0 aliphatic rings. The van der Waals surface area contributed by atoms with E-state index in [1.807, 2.05) is 12.1 Å². The summed E-state index contributed by atoms with van der Waals surface area (Å²) < 4.78 is 4.75. The van der Waals surface area contributed by atoms with Gasteiger partial charge in [-0.1, -0.05) is 49.4 Å². The maximum atomic E-state index is 11.6. The van der Waals surface area contributed by atoms with Crippen molar-refractivity contribution in [3.05, 3.63) is 83.9 Å². The standard InChI is InChI=1S/C24H21NO2/c1-3-16-5-4-6-17-7-12-20(15-21(16)17)23-14-13-22(25-23)18-8-10-19(11-9-18)24(26)27-2/h4-15,25H,3H2,1-2H3. The second-order valence-corrected chi connectivity index (χ2v) is 6.56. The van der Waals surface area contributed by atoms with Crippen LogP contribution in [0.1, 0.15) is 22.8 Å². The third-order valence-electron chi connectivity index (χ3n) is 4.97. The van der Waals surface area contributed by atoms with Crippen LogP contribution in [-0.4, -0.2) is 18.1 Å². The van der Waals surface area contributed by atoms with Crippen molar-refractivity contribution in [2.24, 2.45) is 0 Å². The van der Waals surface area contributed by atoms with Crippen LogP contribution in [0.15, 0.2) is 72.8 Å². The summed E-state index contributed by atoms with van der Waals surface area (Å²) in [7, 11) is 1.39. The highest BCUT2D eigenvalue weighted by Gasteiger charge is 2.08. The number of benzene rings is 3. The predicted molar refractivity (Wildman–Crippen MR) is 110 cm³/mol. The SMILES string of the molecule is CCc1cccc2ccc(-c3ccc(-c4ccc(C(=O)OC)cc4)[nH]3)cc12. The van der Waals surface area contributed by atoms with Gasteiger partial charge < -0.3 is 9.72 Å². The van der Waals surface area contributed by atoms with Gasteiger partial charge in [0.2, 0.25) is 0 Å². The molecule has 0 aliphatic carbocycles. The van der Waals surface area contributed by atoms with Gasteiger partial charge in [-0.2, -0.15) is 0 Å². The molecule has 3 nitrogen and oxygen atoms in total. The molecular weight excluding hydrogens is 334 g/mol. The average molecular weight is 355 g/mol. The van der Waals surface area contributed by atoms with Gasteiger partial charge in [-0.3, -0.25) is 0 Å². The summed E-state index contributed by atoms with van der Waals surface area (Å²) in [5.41, 5.74) is 6.21. The molecule has 3 heteroatoms. The number of hydrogen-bond donors (Lipinski definition) is 1. The molecule has 0 spiro atoms. The number of nitrogens with one attached hydrogen (secondary N) is 1. The van der Waals surface area contributed by atoms with Crippen molar-refractivity contribution >= 4 is 16.7 Å². The van der Waals surface area contributed by atoms with Crippen LogP contribution in [0.4, 0.5) is 0 Å². The Labute approximate surface area is 158 Å². The van der Waals surface area contributed by atoms with Gasteiger partial charge in [-0.15, -0.1) is 0 Å². The fourth-order valence-corrected chi connectivity index (χ4v) is 3.45. The second-order valence-electron chi connectivity index (χ2n) is 6.56. The Morgan fingerprint density at radius 1 is 0.889 bits per heavy atom. The molecule has 0 amide bonds. The van der Waals surface area contributed by atoms with Crippen LogP contribution in [0.2, 0.25) is 0 Å². The normalized spacial score (nSPS) is 10.9. The Bertz CT molecular complexity index is 1110. The minimum Gasteiger partial charge on any atom is -0.465 e. The first-order valence-corrected chi connectivity index (χ1v) is 9.09. The number of rotatable bonds is 4. The Morgan fingerprint density at radius 2 is 1.59 bits per heavy atom. The summed E-state index contributed by atoms with van der Waals surface area (Å²) >= 11 is 0. The van der Waals surface area contributed by atoms with E-state index in [0.29, 0.717) is 5.56 Å². The molecule has 0 unspecified atom stereocenters. The first kappa shape index (κ1) is 17.1. The van der Waals surface area contributed by atoms with Crippen LogP contribution >= 0.6 is 0 Å². The van der Waals surface area contributed by atoms with Crippen LogP contribution in [-0.2, 0) is 11.2 Å². The molecule has 1 N–H and O–H groups in total. The molecule has 0 saturated carbocycles. The Morgan fingerprint density at radius 3 is 2.30 bits per heavy atom. The number of methoxy groups -OCH3 is 1. The summed E-state index contributed by atoms with van der Waals surface area (Å²) in [6.45, 7) is 2.19. The lowest BCUT2D eigenvalue weighted by Crippen LogP contribution is -2.00. The molecule has 0 radical (unpaired) electrons. The molecule has 1 heterocycles. The second kappa shape index (κ2) is 7.12. The van der Waals surface area contributed by atoms with Crippen molar-refractivity contribution in [1.29, 1.82) is 0 Å². The lowest BCUT2D eigenvalue weighted by Gasteiger charge is -2.07. The number of carbonyl (C=O) groups is 1. The van der Waals surface area contributed by atoms with Crippen molar-refractivity contribution in [2.45, 2.75) is 13.3 Å². The fraction of sp³-hybridized carbons (Fsp3) is 0.125. The minimum absolute atomic E-state index is 0.323. The fourth-order valence-electron chi connectivity index (χ4n) is 3.45. The van der Waals surface area contributed by atoms with Gasteiger partial charge in [0.1, 0.15) is 0 Å². The molecule has 134 valence electrons. The largest absolute Gasteiger partial charge is 0.465 e. The van der Waals surface area contributed by atoms with Crippen LogP contribution in [0.5, 0.6) is 0 Å². The van der Waals surface area contributed by atoms with Crippen molar-refractivity contribution < 1.29 is 9.53 Å². The van der Waals surface area contributed by atoms with Gasteiger partial charge in [-0.25, -0.2) is 4.79 Å². The smallest absolute Gasteiger partial charge is 0.337 e. The van der Waals surface area contributed by atoms with Crippen LogP contribution in [0.3, 0.4) is 0 Å². The highest BCUT2D eigenvalue weighted by molar-refractivity contribution is 5.91. The Hall–Kier alpha value is -3.33. The Balaban J connectivity index is 1.68. The maximum Gasteiger partial charge on any atom is 0.337 e. The zero-order valence-electron chi connectivity index (χ0n) is 15.5. The number of ether oxygens (including phenoxy) is 1. The molecule has 27 heavy (non-hydrogen) atoms. The molecule has 0 atom stereocenters. The van der Waals surface area contributed by atoms with E-state index in [1.165, 1.54) is 29.0 Å².